The lowest BCUT2D eigenvalue weighted by Gasteiger charge is -2.23. The van der Waals surface area contributed by atoms with Gasteiger partial charge in [0.15, 0.2) is 0 Å². The van der Waals surface area contributed by atoms with E-state index in [1.807, 2.05) is 0 Å². The van der Waals surface area contributed by atoms with Crippen molar-refractivity contribution in [3.05, 3.63) is 58.2 Å². The molecule has 4 atom stereocenters. The zero-order valence-corrected chi connectivity index (χ0v) is 17.3. The van der Waals surface area contributed by atoms with Gasteiger partial charge in [0.05, 0.1) is 13.2 Å². The van der Waals surface area contributed by atoms with E-state index in [0.717, 1.165) is 0 Å². The highest BCUT2D eigenvalue weighted by Gasteiger charge is 2.55. The van der Waals surface area contributed by atoms with E-state index in [0.29, 0.717) is 0 Å². The number of ether oxygens (including phenoxy) is 3. The van der Waals surface area contributed by atoms with Crippen LogP contribution in [0.25, 0.3) is 0 Å². The van der Waals surface area contributed by atoms with E-state index in [2.05, 4.69) is 16.2 Å². The Morgan fingerprint density at radius 2 is 1.88 bits per heavy atom. The van der Waals surface area contributed by atoms with Crippen LogP contribution < -0.4 is 4.84 Å². The highest BCUT2D eigenvalue weighted by molar-refractivity contribution is 6.01. The number of aliphatic hydroxyl groups is 2. The topological polar surface area (TPSA) is 175 Å². The summed E-state index contributed by atoms with van der Waals surface area (Å²) in [6, 6.07) is 5.22. The molecule has 0 radical (unpaired) electrons. The van der Waals surface area contributed by atoms with Gasteiger partial charge in [-0.1, -0.05) is 6.58 Å². The minimum Gasteiger partial charge on any atom is -0.508 e. The van der Waals surface area contributed by atoms with Crippen molar-refractivity contribution in [1.82, 2.24) is 0 Å². The van der Waals surface area contributed by atoms with Gasteiger partial charge in [0.1, 0.15) is 35.4 Å². The molecule has 3 N–H and O–H groups in total. The van der Waals surface area contributed by atoms with Crippen molar-refractivity contribution in [1.29, 1.82) is 0 Å². The molecule has 1 aromatic rings. The van der Waals surface area contributed by atoms with Crippen LogP contribution >= 0.6 is 0 Å². The summed E-state index contributed by atoms with van der Waals surface area (Å²) in [6.45, 7) is 6.15. The molecule has 2 saturated heterocycles. The average molecular weight is 453 g/mol. The minimum absolute atomic E-state index is 0.0423. The summed E-state index contributed by atoms with van der Waals surface area (Å²) < 4.78 is 15.2. The second-order valence-electron chi connectivity index (χ2n) is 7.18. The smallest absolute Gasteiger partial charge is 0.341 e. The number of carbonyl (C=O) groups excluding carboxylic acids is 2. The van der Waals surface area contributed by atoms with Gasteiger partial charge in [-0.25, -0.2) is 9.59 Å². The number of aromatic hydroxyl groups is 1. The molecule has 32 heavy (non-hydrogen) atoms. The second-order valence-corrected chi connectivity index (χ2v) is 7.18. The van der Waals surface area contributed by atoms with Gasteiger partial charge in [0.2, 0.25) is 0 Å². The number of rotatable bonds is 5. The van der Waals surface area contributed by atoms with E-state index in [4.69, 9.17) is 14.6 Å². The number of carbonyl (C=O) groups is 2. The normalized spacial score (nSPS) is 26.4. The molecule has 2 heterocycles. The van der Waals surface area contributed by atoms with Gasteiger partial charge in [0.25, 0.3) is 5.09 Å². The Morgan fingerprint density at radius 1 is 1.25 bits per heavy atom. The van der Waals surface area contributed by atoms with Crippen molar-refractivity contribution in [2.45, 2.75) is 37.8 Å². The SMILES string of the molecule is C=C(C)C(=O)OC(=O)C(C)=C[C@@]1(O)CO[C@@H]2[C@H](O)CO[C@@H]21.O=[N+]([O-])Oc1ccc(O)cc1. The Balaban J connectivity index is 0.000000278. The maximum absolute atomic E-state index is 11.7. The first-order chi connectivity index (χ1) is 14.9. The van der Waals surface area contributed by atoms with E-state index in [1.165, 1.54) is 44.2 Å². The van der Waals surface area contributed by atoms with Crippen LogP contribution in [0.5, 0.6) is 11.5 Å². The molecule has 3 rings (SSSR count). The Labute approximate surface area is 182 Å². The predicted octanol–water partition coefficient (Wildman–Crippen LogP) is 0.431. The van der Waals surface area contributed by atoms with E-state index in [9.17, 15) is 29.9 Å². The summed E-state index contributed by atoms with van der Waals surface area (Å²) in [5.41, 5.74) is -1.40. The van der Waals surface area contributed by atoms with Gasteiger partial charge in [0, 0.05) is 11.1 Å². The van der Waals surface area contributed by atoms with E-state index >= 15 is 0 Å². The van der Waals surface area contributed by atoms with Gasteiger partial charge >= 0.3 is 11.9 Å². The molecule has 0 aromatic heterocycles. The number of fused-ring (bicyclic) bond motifs is 1. The number of benzene rings is 1. The maximum atomic E-state index is 11.7. The van der Waals surface area contributed by atoms with Crippen molar-refractivity contribution in [3.8, 4) is 11.5 Å². The Kier molecular flexibility index (Phi) is 8.05. The monoisotopic (exact) mass is 453 g/mol. The molecule has 0 saturated carbocycles. The molecule has 2 aliphatic heterocycles. The molecule has 2 aliphatic rings. The predicted molar refractivity (Wildman–Crippen MR) is 106 cm³/mol. The first kappa shape index (κ1) is 24.9. The Hall–Kier alpha value is -3.32. The number of aliphatic hydroxyl groups excluding tert-OH is 1. The lowest BCUT2D eigenvalue weighted by atomic mass is 9.94. The number of phenolic OH excluding ortho intramolecular Hbond substituents is 1. The molecule has 0 bridgehead atoms. The van der Waals surface area contributed by atoms with Crippen LogP contribution in [0, 0.1) is 10.1 Å². The summed E-state index contributed by atoms with van der Waals surface area (Å²) in [7, 11) is 0. The molecule has 2 fully saturated rings. The summed E-state index contributed by atoms with van der Waals surface area (Å²) in [5.74, 6) is -1.57. The largest absolute Gasteiger partial charge is 0.508 e. The third-order valence-electron chi connectivity index (χ3n) is 4.46. The third kappa shape index (κ3) is 6.34. The molecule has 1 aromatic carbocycles. The van der Waals surface area contributed by atoms with Crippen LogP contribution in [0.2, 0.25) is 0 Å². The molecule has 12 nitrogen and oxygen atoms in total. The summed E-state index contributed by atoms with van der Waals surface area (Å²) in [4.78, 5) is 36.9. The molecule has 0 amide bonds. The highest BCUT2D eigenvalue weighted by Crippen LogP contribution is 2.35. The van der Waals surface area contributed by atoms with Crippen LogP contribution in [0.15, 0.2) is 48.1 Å². The summed E-state index contributed by atoms with van der Waals surface area (Å²) in [5, 5.41) is 37.8. The third-order valence-corrected chi connectivity index (χ3v) is 4.46. The molecule has 0 spiro atoms. The van der Waals surface area contributed by atoms with Crippen molar-refractivity contribution < 1.29 is 49.0 Å². The number of esters is 2. The molecular formula is C20H23NO11. The van der Waals surface area contributed by atoms with Crippen molar-refractivity contribution in [2.75, 3.05) is 13.2 Å². The van der Waals surface area contributed by atoms with Crippen LogP contribution in [0.1, 0.15) is 13.8 Å². The van der Waals surface area contributed by atoms with E-state index < -0.39 is 40.9 Å². The van der Waals surface area contributed by atoms with Crippen molar-refractivity contribution >= 4 is 11.9 Å². The standard InChI is InChI=1S/C14H18O7.C6H5NO4/c1-7(2)12(16)21-13(17)8(3)4-14(18)6-20-10-9(15)5-19-11(10)14;8-5-1-3-6(4-2-5)11-7(9)10/h4,9-11,15,18H,1,5-6H2,2-3H3;1-4,8H/t9-,10-,11+,14-;/m1./s1. The quantitative estimate of drug-likeness (QED) is 0.185. The first-order valence-electron chi connectivity index (χ1n) is 9.29. The highest BCUT2D eigenvalue weighted by atomic mass is 17.0. The minimum atomic E-state index is -1.54. The van der Waals surface area contributed by atoms with Gasteiger partial charge in [-0.3, -0.25) is 4.84 Å². The van der Waals surface area contributed by atoms with Gasteiger partial charge in [-0.05, 0) is 44.2 Å². The van der Waals surface area contributed by atoms with Gasteiger partial charge in [-0.15, -0.1) is 10.1 Å². The van der Waals surface area contributed by atoms with Crippen LogP contribution in [-0.2, 0) is 23.8 Å². The lowest BCUT2D eigenvalue weighted by Crippen LogP contribution is -2.42. The fourth-order valence-corrected chi connectivity index (χ4v) is 2.94. The first-order valence-corrected chi connectivity index (χ1v) is 9.29. The number of phenols is 1. The maximum Gasteiger partial charge on any atom is 0.341 e. The fourth-order valence-electron chi connectivity index (χ4n) is 2.94. The zero-order valence-electron chi connectivity index (χ0n) is 17.3. The Morgan fingerprint density at radius 3 is 2.44 bits per heavy atom. The average Bonchev–Trinajstić information content (AvgIpc) is 3.24. The second kappa shape index (κ2) is 10.3. The van der Waals surface area contributed by atoms with Crippen molar-refractivity contribution in [2.24, 2.45) is 0 Å². The summed E-state index contributed by atoms with van der Waals surface area (Å²) >= 11 is 0. The molecule has 174 valence electrons. The van der Waals surface area contributed by atoms with E-state index in [-0.39, 0.29) is 35.9 Å². The Bertz CT molecular complexity index is 911. The number of hydrogen-bond donors (Lipinski definition) is 3. The molecule has 0 unspecified atom stereocenters. The van der Waals surface area contributed by atoms with Gasteiger partial charge in [-0.2, -0.15) is 0 Å². The van der Waals surface area contributed by atoms with E-state index in [1.54, 1.807) is 0 Å². The van der Waals surface area contributed by atoms with Crippen LogP contribution in [0.3, 0.4) is 0 Å². The number of nitrogens with zero attached hydrogens (tertiary/aromatic N) is 1. The van der Waals surface area contributed by atoms with Gasteiger partial charge < -0.3 is 29.5 Å². The molecular weight excluding hydrogens is 430 g/mol. The molecule has 0 aliphatic carbocycles. The van der Waals surface area contributed by atoms with Crippen molar-refractivity contribution in [3.63, 3.8) is 0 Å². The van der Waals surface area contributed by atoms with Crippen LogP contribution in [-0.4, -0.2) is 69.5 Å². The van der Waals surface area contributed by atoms with Crippen LogP contribution in [0.4, 0.5) is 0 Å². The summed E-state index contributed by atoms with van der Waals surface area (Å²) in [6.07, 6.45) is -0.960. The lowest BCUT2D eigenvalue weighted by molar-refractivity contribution is -0.711. The molecule has 12 heteroatoms. The number of hydrogen-bond acceptors (Lipinski definition) is 11. The fraction of sp³-hybridized carbons (Fsp3) is 0.400. The zero-order chi connectivity index (χ0) is 24.1.